The molecule has 3 heteroatoms. The van der Waals surface area contributed by atoms with Crippen LogP contribution < -0.4 is 10.1 Å². The van der Waals surface area contributed by atoms with Gasteiger partial charge in [-0.15, -0.1) is 0 Å². The summed E-state index contributed by atoms with van der Waals surface area (Å²) < 4.78 is 5.74. The molecule has 1 heterocycles. The van der Waals surface area contributed by atoms with Crippen molar-refractivity contribution in [1.82, 2.24) is 5.32 Å². The van der Waals surface area contributed by atoms with Gasteiger partial charge in [-0.2, -0.15) is 5.26 Å². The smallest absolute Gasteiger partial charge is 0.137 e. The van der Waals surface area contributed by atoms with E-state index in [4.69, 9.17) is 10.00 Å². The molecule has 0 saturated carbocycles. The van der Waals surface area contributed by atoms with Crippen LogP contribution in [-0.4, -0.2) is 19.7 Å². The molecule has 1 aliphatic rings. The van der Waals surface area contributed by atoms with E-state index in [1.54, 1.807) is 0 Å². The summed E-state index contributed by atoms with van der Waals surface area (Å²) in [4.78, 5) is 0. The zero-order chi connectivity index (χ0) is 12.8. The number of rotatable bonds is 4. The number of nitrogens with zero attached hydrogens (tertiary/aromatic N) is 1. The van der Waals surface area contributed by atoms with Crippen molar-refractivity contribution in [2.75, 3.05) is 19.7 Å². The molecule has 0 aliphatic carbocycles. The topological polar surface area (TPSA) is 45.0 Å². The first-order valence-electron chi connectivity index (χ1n) is 6.64. The molecule has 1 aromatic rings. The van der Waals surface area contributed by atoms with Gasteiger partial charge in [-0.25, -0.2) is 0 Å². The van der Waals surface area contributed by atoms with Gasteiger partial charge in [0, 0.05) is 0 Å². The van der Waals surface area contributed by atoms with E-state index < -0.39 is 0 Å². The number of hydrogen-bond acceptors (Lipinski definition) is 3. The van der Waals surface area contributed by atoms with Gasteiger partial charge in [0.25, 0.3) is 0 Å². The van der Waals surface area contributed by atoms with Crippen LogP contribution >= 0.6 is 0 Å². The molecule has 1 saturated heterocycles. The average molecular weight is 244 g/mol. The van der Waals surface area contributed by atoms with Gasteiger partial charge in [-0.3, -0.25) is 0 Å². The van der Waals surface area contributed by atoms with Crippen LogP contribution in [0.2, 0.25) is 0 Å². The summed E-state index contributed by atoms with van der Waals surface area (Å²) in [7, 11) is 0. The van der Waals surface area contributed by atoms with Crippen molar-refractivity contribution in [2.45, 2.75) is 26.2 Å². The third-order valence-electron chi connectivity index (χ3n) is 3.44. The second-order valence-electron chi connectivity index (χ2n) is 4.96. The van der Waals surface area contributed by atoms with Gasteiger partial charge in [0.15, 0.2) is 0 Å². The van der Waals surface area contributed by atoms with Crippen LogP contribution in [0, 0.1) is 24.2 Å². The van der Waals surface area contributed by atoms with Gasteiger partial charge in [-0.05, 0) is 62.9 Å². The highest BCUT2D eigenvalue weighted by Crippen LogP contribution is 2.20. The molecule has 1 fully saturated rings. The summed E-state index contributed by atoms with van der Waals surface area (Å²) in [5.41, 5.74) is 1.73. The third-order valence-corrected chi connectivity index (χ3v) is 3.44. The third kappa shape index (κ3) is 3.48. The Balaban J connectivity index is 1.84. The van der Waals surface area contributed by atoms with Gasteiger partial charge < -0.3 is 10.1 Å². The highest BCUT2D eigenvalue weighted by atomic mass is 16.5. The molecule has 3 nitrogen and oxygen atoms in total. The Morgan fingerprint density at radius 2 is 2.39 bits per heavy atom. The van der Waals surface area contributed by atoms with E-state index in [2.05, 4.69) is 11.4 Å². The Morgan fingerprint density at radius 1 is 1.50 bits per heavy atom. The number of nitriles is 1. The number of hydrogen-bond donors (Lipinski definition) is 1. The van der Waals surface area contributed by atoms with Crippen LogP contribution in [0.1, 0.15) is 30.4 Å². The number of aryl methyl sites for hydroxylation is 1. The number of benzene rings is 1. The van der Waals surface area contributed by atoms with Crippen molar-refractivity contribution in [2.24, 2.45) is 5.92 Å². The molecular formula is C15H20N2O. The van der Waals surface area contributed by atoms with Crippen molar-refractivity contribution in [3.05, 3.63) is 29.3 Å². The minimum Gasteiger partial charge on any atom is -0.492 e. The van der Waals surface area contributed by atoms with E-state index in [0.717, 1.165) is 31.0 Å². The molecule has 0 bridgehead atoms. The quantitative estimate of drug-likeness (QED) is 0.885. The SMILES string of the molecule is Cc1ccc(OCCC2CCCNC2)c(C#N)c1. The van der Waals surface area contributed by atoms with Gasteiger partial charge in [0.1, 0.15) is 11.8 Å². The fourth-order valence-corrected chi connectivity index (χ4v) is 2.36. The Bertz CT molecular complexity index is 431. The Morgan fingerprint density at radius 3 is 3.11 bits per heavy atom. The van der Waals surface area contributed by atoms with E-state index in [1.807, 2.05) is 25.1 Å². The van der Waals surface area contributed by atoms with Crippen LogP contribution in [0.3, 0.4) is 0 Å². The molecule has 0 aromatic heterocycles. The first-order chi connectivity index (χ1) is 8.79. The monoisotopic (exact) mass is 244 g/mol. The van der Waals surface area contributed by atoms with Crippen molar-refractivity contribution in [1.29, 1.82) is 5.26 Å². The molecule has 0 spiro atoms. The van der Waals surface area contributed by atoms with Crippen molar-refractivity contribution >= 4 is 0 Å². The lowest BCUT2D eigenvalue weighted by Crippen LogP contribution is -2.30. The lowest BCUT2D eigenvalue weighted by atomic mass is 9.97. The van der Waals surface area contributed by atoms with Crippen LogP contribution in [0.5, 0.6) is 5.75 Å². The Hall–Kier alpha value is -1.53. The lowest BCUT2D eigenvalue weighted by molar-refractivity contribution is 0.253. The van der Waals surface area contributed by atoms with Crippen molar-refractivity contribution in [3.8, 4) is 11.8 Å². The Kier molecular flexibility index (Phi) is 4.60. The Labute approximate surface area is 109 Å². The predicted octanol–water partition coefficient (Wildman–Crippen LogP) is 2.64. The summed E-state index contributed by atoms with van der Waals surface area (Å²) >= 11 is 0. The second kappa shape index (κ2) is 6.42. The molecule has 1 aliphatic heterocycles. The maximum Gasteiger partial charge on any atom is 0.137 e. The van der Waals surface area contributed by atoms with Gasteiger partial charge in [0.05, 0.1) is 12.2 Å². The summed E-state index contributed by atoms with van der Waals surface area (Å²) in [5, 5.41) is 12.5. The van der Waals surface area contributed by atoms with E-state index in [-0.39, 0.29) is 0 Å². The molecule has 96 valence electrons. The van der Waals surface area contributed by atoms with Crippen LogP contribution in [0.15, 0.2) is 18.2 Å². The maximum atomic E-state index is 9.05. The summed E-state index contributed by atoms with van der Waals surface area (Å²) in [6.45, 7) is 4.93. The van der Waals surface area contributed by atoms with E-state index in [9.17, 15) is 0 Å². The minimum atomic E-state index is 0.636. The zero-order valence-corrected chi connectivity index (χ0v) is 10.9. The molecule has 1 aromatic carbocycles. The van der Waals surface area contributed by atoms with E-state index in [1.165, 1.54) is 12.8 Å². The zero-order valence-electron chi connectivity index (χ0n) is 10.9. The van der Waals surface area contributed by atoms with Gasteiger partial charge in [-0.1, -0.05) is 6.07 Å². The van der Waals surface area contributed by atoms with Gasteiger partial charge in [0.2, 0.25) is 0 Å². The van der Waals surface area contributed by atoms with Crippen LogP contribution in [-0.2, 0) is 0 Å². The predicted molar refractivity (Wildman–Crippen MR) is 71.6 cm³/mol. The molecule has 1 N–H and O–H groups in total. The molecule has 0 radical (unpaired) electrons. The minimum absolute atomic E-state index is 0.636. The largest absolute Gasteiger partial charge is 0.492 e. The number of nitrogens with one attached hydrogen (secondary N) is 1. The lowest BCUT2D eigenvalue weighted by Gasteiger charge is -2.22. The molecular weight excluding hydrogens is 224 g/mol. The summed E-state index contributed by atoms with van der Waals surface area (Å²) in [6.07, 6.45) is 3.61. The van der Waals surface area contributed by atoms with E-state index in [0.29, 0.717) is 17.9 Å². The fraction of sp³-hybridized carbons (Fsp3) is 0.533. The summed E-state index contributed by atoms with van der Waals surface area (Å²) in [6, 6.07) is 7.94. The fourth-order valence-electron chi connectivity index (χ4n) is 2.36. The second-order valence-corrected chi connectivity index (χ2v) is 4.96. The van der Waals surface area contributed by atoms with Crippen LogP contribution in [0.25, 0.3) is 0 Å². The first kappa shape index (κ1) is 12.9. The maximum absolute atomic E-state index is 9.05. The highest BCUT2D eigenvalue weighted by Gasteiger charge is 2.13. The molecule has 0 amide bonds. The standard InChI is InChI=1S/C15H20N2O/c1-12-4-5-15(14(9-12)10-16)18-8-6-13-3-2-7-17-11-13/h4-5,9,13,17H,2-3,6-8,11H2,1H3. The number of ether oxygens (including phenoxy) is 1. The molecule has 18 heavy (non-hydrogen) atoms. The van der Waals surface area contributed by atoms with Gasteiger partial charge >= 0.3 is 0 Å². The summed E-state index contributed by atoms with van der Waals surface area (Å²) in [5.74, 6) is 1.43. The number of piperidine rings is 1. The highest BCUT2D eigenvalue weighted by molar-refractivity contribution is 5.45. The molecule has 1 unspecified atom stereocenters. The van der Waals surface area contributed by atoms with Crippen LogP contribution in [0.4, 0.5) is 0 Å². The van der Waals surface area contributed by atoms with E-state index >= 15 is 0 Å². The average Bonchev–Trinajstić information content (AvgIpc) is 2.41. The van der Waals surface area contributed by atoms with Crippen molar-refractivity contribution in [3.63, 3.8) is 0 Å². The van der Waals surface area contributed by atoms with Crippen molar-refractivity contribution < 1.29 is 4.74 Å². The molecule has 2 rings (SSSR count). The first-order valence-corrected chi connectivity index (χ1v) is 6.64. The molecule has 1 atom stereocenters. The normalized spacial score (nSPS) is 19.2.